The van der Waals surface area contributed by atoms with E-state index in [0.717, 1.165) is 13.1 Å². The third-order valence-electron chi connectivity index (χ3n) is 3.89. The Hall–Kier alpha value is -0.850. The van der Waals surface area contributed by atoms with Gasteiger partial charge >= 0.3 is 5.97 Å². The Balaban J connectivity index is 2.03. The van der Waals surface area contributed by atoms with Crippen molar-refractivity contribution >= 4 is 34.0 Å². The predicted molar refractivity (Wildman–Crippen MR) is 86.4 cm³/mol. The molecular formula is C14H22ClN3O2S. The molecule has 1 heterocycles. The van der Waals surface area contributed by atoms with Crippen molar-refractivity contribution in [2.75, 3.05) is 39.6 Å². The standard InChI is InChI=1S/C14H22ClN3O2S/c1-18(2)9-14(6-4-5-7-14)8-16-13-17-11(15)10(21-13)12(19)20-3/h4-9H2,1-3H3,(H,16,17). The first kappa shape index (κ1) is 16.5. The van der Waals surface area contributed by atoms with Crippen molar-refractivity contribution < 1.29 is 9.53 Å². The topological polar surface area (TPSA) is 54.5 Å². The fraction of sp³-hybridized carbons (Fsp3) is 0.714. The number of methoxy groups -OCH3 is 1. The van der Waals surface area contributed by atoms with Crippen LogP contribution < -0.4 is 5.32 Å². The summed E-state index contributed by atoms with van der Waals surface area (Å²) in [6.07, 6.45) is 5.01. The van der Waals surface area contributed by atoms with Crippen LogP contribution in [0.3, 0.4) is 0 Å². The van der Waals surface area contributed by atoms with Crippen LogP contribution in [0.2, 0.25) is 5.15 Å². The summed E-state index contributed by atoms with van der Waals surface area (Å²) >= 11 is 7.23. The molecule has 118 valence electrons. The maximum absolute atomic E-state index is 11.5. The van der Waals surface area contributed by atoms with Gasteiger partial charge in [0.15, 0.2) is 15.2 Å². The number of esters is 1. The molecule has 0 aliphatic heterocycles. The molecule has 1 aromatic rings. The minimum atomic E-state index is -0.436. The van der Waals surface area contributed by atoms with Gasteiger partial charge in [-0.25, -0.2) is 9.78 Å². The van der Waals surface area contributed by atoms with Gasteiger partial charge in [-0.15, -0.1) is 0 Å². The first-order valence-corrected chi connectivity index (χ1v) is 8.28. The molecule has 0 bridgehead atoms. The maximum Gasteiger partial charge on any atom is 0.351 e. The highest BCUT2D eigenvalue weighted by molar-refractivity contribution is 7.18. The van der Waals surface area contributed by atoms with E-state index >= 15 is 0 Å². The lowest BCUT2D eigenvalue weighted by Gasteiger charge is -2.32. The number of hydrogen-bond acceptors (Lipinski definition) is 6. The Morgan fingerprint density at radius 1 is 1.48 bits per heavy atom. The molecule has 1 aromatic heterocycles. The van der Waals surface area contributed by atoms with Crippen LogP contribution in [0.4, 0.5) is 5.13 Å². The molecule has 1 fully saturated rings. The van der Waals surface area contributed by atoms with Gasteiger partial charge in [0, 0.05) is 18.5 Å². The van der Waals surface area contributed by atoms with Crippen LogP contribution in [0.1, 0.15) is 35.4 Å². The maximum atomic E-state index is 11.5. The monoisotopic (exact) mass is 331 g/mol. The number of nitrogens with one attached hydrogen (secondary N) is 1. The van der Waals surface area contributed by atoms with Gasteiger partial charge in [-0.3, -0.25) is 0 Å². The van der Waals surface area contributed by atoms with Gasteiger partial charge in [0.05, 0.1) is 7.11 Å². The number of halogens is 1. The molecule has 1 N–H and O–H groups in total. The van der Waals surface area contributed by atoms with E-state index in [-0.39, 0.29) is 10.6 Å². The zero-order chi connectivity index (χ0) is 15.5. The number of ether oxygens (including phenoxy) is 1. The van der Waals surface area contributed by atoms with Gasteiger partial charge in [-0.2, -0.15) is 0 Å². The van der Waals surface area contributed by atoms with E-state index in [4.69, 9.17) is 16.3 Å². The summed E-state index contributed by atoms with van der Waals surface area (Å²) in [6.45, 7) is 1.92. The van der Waals surface area contributed by atoms with Crippen LogP contribution in [0.15, 0.2) is 0 Å². The highest BCUT2D eigenvalue weighted by Gasteiger charge is 2.34. The van der Waals surface area contributed by atoms with E-state index in [0.29, 0.717) is 10.0 Å². The van der Waals surface area contributed by atoms with Crippen molar-refractivity contribution in [3.8, 4) is 0 Å². The summed E-state index contributed by atoms with van der Waals surface area (Å²) in [4.78, 5) is 18.3. The van der Waals surface area contributed by atoms with E-state index in [1.165, 1.54) is 44.1 Å². The van der Waals surface area contributed by atoms with Gasteiger partial charge in [-0.1, -0.05) is 35.8 Å². The summed E-state index contributed by atoms with van der Waals surface area (Å²) in [5.74, 6) is -0.436. The van der Waals surface area contributed by atoms with Crippen LogP contribution in [0.5, 0.6) is 0 Å². The second-order valence-electron chi connectivity index (χ2n) is 5.93. The number of carbonyl (C=O) groups excluding carboxylic acids is 1. The molecule has 0 unspecified atom stereocenters. The van der Waals surface area contributed by atoms with Gasteiger partial charge in [0.2, 0.25) is 0 Å². The quantitative estimate of drug-likeness (QED) is 0.812. The van der Waals surface area contributed by atoms with Crippen LogP contribution in [0.25, 0.3) is 0 Å². The molecule has 0 atom stereocenters. The zero-order valence-electron chi connectivity index (χ0n) is 12.7. The molecule has 0 radical (unpaired) electrons. The second kappa shape index (κ2) is 6.94. The summed E-state index contributed by atoms with van der Waals surface area (Å²) in [5, 5.41) is 4.26. The summed E-state index contributed by atoms with van der Waals surface area (Å²) in [7, 11) is 5.56. The normalized spacial score (nSPS) is 17.2. The Bertz CT molecular complexity index is 498. The number of carbonyl (C=O) groups is 1. The Labute approximate surface area is 134 Å². The molecule has 21 heavy (non-hydrogen) atoms. The smallest absolute Gasteiger partial charge is 0.351 e. The van der Waals surface area contributed by atoms with Crippen molar-refractivity contribution in [3.05, 3.63) is 10.0 Å². The molecule has 2 rings (SSSR count). The SMILES string of the molecule is COC(=O)c1sc(NCC2(CN(C)C)CCCC2)nc1Cl. The lowest BCUT2D eigenvalue weighted by Crippen LogP contribution is -2.37. The molecule has 5 nitrogen and oxygen atoms in total. The van der Waals surface area contributed by atoms with Crippen LogP contribution >= 0.6 is 22.9 Å². The van der Waals surface area contributed by atoms with Crippen molar-refractivity contribution in [2.45, 2.75) is 25.7 Å². The van der Waals surface area contributed by atoms with E-state index in [1.54, 1.807) is 0 Å². The lowest BCUT2D eigenvalue weighted by atomic mass is 9.85. The van der Waals surface area contributed by atoms with Crippen molar-refractivity contribution in [1.82, 2.24) is 9.88 Å². The number of aromatic nitrogens is 1. The molecule has 0 amide bonds. The zero-order valence-corrected chi connectivity index (χ0v) is 14.3. The molecule has 1 aliphatic rings. The third-order valence-corrected chi connectivity index (χ3v) is 5.27. The summed E-state index contributed by atoms with van der Waals surface area (Å²) < 4.78 is 4.69. The fourth-order valence-electron chi connectivity index (χ4n) is 3.05. The molecule has 1 saturated carbocycles. The molecule has 7 heteroatoms. The number of anilines is 1. The van der Waals surface area contributed by atoms with E-state index in [9.17, 15) is 4.79 Å². The van der Waals surface area contributed by atoms with Crippen LogP contribution in [-0.4, -0.2) is 50.1 Å². The molecule has 0 saturated heterocycles. The average Bonchev–Trinajstić information content (AvgIpc) is 3.02. The molecule has 0 aromatic carbocycles. The molecule has 0 spiro atoms. The van der Waals surface area contributed by atoms with Crippen LogP contribution in [-0.2, 0) is 4.74 Å². The number of hydrogen-bond donors (Lipinski definition) is 1. The highest BCUT2D eigenvalue weighted by atomic mass is 35.5. The molecular weight excluding hydrogens is 310 g/mol. The Morgan fingerprint density at radius 2 is 2.14 bits per heavy atom. The number of rotatable bonds is 6. The van der Waals surface area contributed by atoms with Gasteiger partial charge in [0.25, 0.3) is 0 Å². The van der Waals surface area contributed by atoms with E-state index in [2.05, 4.69) is 29.3 Å². The summed E-state index contributed by atoms with van der Waals surface area (Å²) in [6, 6.07) is 0. The van der Waals surface area contributed by atoms with Crippen molar-refractivity contribution in [3.63, 3.8) is 0 Å². The largest absolute Gasteiger partial charge is 0.465 e. The van der Waals surface area contributed by atoms with Crippen molar-refractivity contribution in [2.24, 2.45) is 5.41 Å². The number of thiazole rings is 1. The average molecular weight is 332 g/mol. The van der Waals surface area contributed by atoms with Gasteiger partial charge < -0.3 is 15.0 Å². The predicted octanol–water partition coefficient (Wildman–Crippen LogP) is 3.12. The Morgan fingerprint density at radius 3 is 2.71 bits per heavy atom. The lowest BCUT2D eigenvalue weighted by molar-refractivity contribution is 0.0606. The molecule has 1 aliphatic carbocycles. The first-order chi connectivity index (χ1) is 9.96. The highest BCUT2D eigenvalue weighted by Crippen LogP contribution is 2.39. The van der Waals surface area contributed by atoms with Gasteiger partial charge in [0.1, 0.15) is 0 Å². The van der Waals surface area contributed by atoms with E-state index in [1.807, 2.05) is 0 Å². The summed E-state index contributed by atoms with van der Waals surface area (Å²) in [5.41, 5.74) is 0.285. The number of nitrogens with zero attached hydrogens (tertiary/aromatic N) is 2. The fourth-order valence-corrected chi connectivity index (χ4v) is 4.14. The van der Waals surface area contributed by atoms with Gasteiger partial charge in [-0.05, 0) is 26.9 Å². The van der Waals surface area contributed by atoms with Crippen LogP contribution in [0, 0.1) is 5.41 Å². The second-order valence-corrected chi connectivity index (χ2v) is 7.29. The first-order valence-electron chi connectivity index (χ1n) is 7.09. The third kappa shape index (κ3) is 4.08. The van der Waals surface area contributed by atoms with E-state index < -0.39 is 5.97 Å². The Kier molecular flexibility index (Phi) is 5.46. The minimum absolute atomic E-state index is 0.211. The minimum Gasteiger partial charge on any atom is -0.465 e. The van der Waals surface area contributed by atoms with Crippen molar-refractivity contribution in [1.29, 1.82) is 0 Å².